The number of hydrogen-bond donors (Lipinski definition) is 1. The van der Waals surface area contributed by atoms with Gasteiger partial charge in [0.25, 0.3) is 0 Å². The predicted octanol–water partition coefficient (Wildman–Crippen LogP) is 4.16. The van der Waals surface area contributed by atoms with Crippen LogP contribution >= 0.6 is 15.9 Å². The minimum Gasteiger partial charge on any atom is -0.311 e. The van der Waals surface area contributed by atoms with Crippen LogP contribution in [0.25, 0.3) is 6.08 Å². The Morgan fingerprint density at radius 3 is 2.75 bits per heavy atom. The molecule has 1 rings (SSSR count). The Hall–Kier alpha value is -0.600. The monoisotopic (exact) mass is 281 g/mol. The Labute approximate surface area is 107 Å². The molecule has 0 spiro atoms. The average molecular weight is 282 g/mol. The van der Waals surface area contributed by atoms with E-state index in [-0.39, 0.29) is 0 Å². The molecule has 0 aliphatic heterocycles. The van der Waals surface area contributed by atoms with Crippen LogP contribution in [0.2, 0.25) is 0 Å². The zero-order valence-corrected chi connectivity index (χ0v) is 12.1. The molecule has 0 aliphatic rings. The first-order valence-corrected chi connectivity index (χ1v) is 6.51. The quantitative estimate of drug-likeness (QED) is 0.874. The molecule has 0 heterocycles. The molecular weight excluding hydrogens is 262 g/mol. The van der Waals surface area contributed by atoms with E-state index in [2.05, 4.69) is 73.2 Å². The number of rotatable bonds is 4. The summed E-state index contributed by atoms with van der Waals surface area (Å²) in [4.78, 5) is 0. The molecule has 2 heteroatoms. The van der Waals surface area contributed by atoms with E-state index in [0.717, 1.165) is 6.54 Å². The smallest absolute Gasteiger partial charge is 0.0251 e. The zero-order valence-electron chi connectivity index (χ0n) is 10.5. The third-order valence-electron chi connectivity index (χ3n) is 2.78. The van der Waals surface area contributed by atoms with Gasteiger partial charge in [-0.25, -0.2) is 0 Å². The van der Waals surface area contributed by atoms with Gasteiger partial charge in [0.2, 0.25) is 0 Å². The average Bonchev–Trinajstić information content (AvgIpc) is 2.24. The summed E-state index contributed by atoms with van der Waals surface area (Å²) in [5, 5.41) is 3.41. The van der Waals surface area contributed by atoms with Crippen LogP contribution < -0.4 is 5.32 Å². The molecule has 16 heavy (non-hydrogen) atoms. The second-order valence-corrected chi connectivity index (χ2v) is 5.03. The molecule has 88 valence electrons. The van der Waals surface area contributed by atoms with Crippen LogP contribution in [0.15, 0.2) is 28.2 Å². The van der Waals surface area contributed by atoms with E-state index in [1.807, 2.05) is 0 Å². The van der Waals surface area contributed by atoms with E-state index in [4.69, 9.17) is 0 Å². The SMILES string of the molecule is CCNC(C)/C(C)=C/c1ccc(C)c(Br)c1. The molecule has 1 N–H and O–H groups in total. The number of benzene rings is 1. The van der Waals surface area contributed by atoms with Crippen LogP contribution in [0.4, 0.5) is 0 Å². The summed E-state index contributed by atoms with van der Waals surface area (Å²) in [7, 11) is 0. The Bertz CT molecular complexity index is 382. The maximum Gasteiger partial charge on any atom is 0.0251 e. The Kier molecular flexibility index (Phi) is 5.23. The maximum atomic E-state index is 3.56. The number of halogens is 1. The Morgan fingerprint density at radius 2 is 2.19 bits per heavy atom. The summed E-state index contributed by atoms with van der Waals surface area (Å²) in [5.74, 6) is 0. The number of hydrogen-bond acceptors (Lipinski definition) is 1. The van der Waals surface area contributed by atoms with Gasteiger partial charge in [-0.3, -0.25) is 0 Å². The zero-order chi connectivity index (χ0) is 12.1. The van der Waals surface area contributed by atoms with Crippen molar-refractivity contribution in [1.82, 2.24) is 5.32 Å². The molecule has 0 aromatic heterocycles. The highest BCUT2D eigenvalue weighted by atomic mass is 79.9. The fraction of sp³-hybridized carbons (Fsp3) is 0.429. The van der Waals surface area contributed by atoms with Gasteiger partial charge in [-0.2, -0.15) is 0 Å². The second-order valence-electron chi connectivity index (χ2n) is 4.18. The van der Waals surface area contributed by atoms with Crippen molar-refractivity contribution >= 4 is 22.0 Å². The highest BCUT2D eigenvalue weighted by Gasteiger charge is 2.02. The highest BCUT2D eigenvalue weighted by Crippen LogP contribution is 2.19. The Morgan fingerprint density at radius 1 is 1.50 bits per heavy atom. The van der Waals surface area contributed by atoms with Crippen molar-refractivity contribution in [2.75, 3.05) is 6.54 Å². The van der Waals surface area contributed by atoms with E-state index in [1.165, 1.54) is 21.2 Å². The van der Waals surface area contributed by atoms with Crippen LogP contribution in [0.1, 0.15) is 31.9 Å². The van der Waals surface area contributed by atoms with Crippen molar-refractivity contribution < 1.29 is 0 Å². The standard InChI is InChI=1S/C14H20BrN/c1-5-16-12(4)11(3)8-13-7-6-10(2)14(15)9-13/h6-9,12,16H,5H2,1-4H3/b11-8+. The number of likely N-dealkylation sites (N-methyl/N-ethyl adjacent to an activating group) is 1. The fourth-order valence-corrected chi connectivity index (χ4v) is 1.95. The lowest BCUT2D eigenvalue weighted by Crippen LogP contribution is -2.26. The first-order valence-electron chi connectivity index (χ1n) is 5.72. The van der Waals surface area contributed by atoms with E-state index in [0.29, 0.717) is 6.04 Å². The van der Waals surface area contributed by atoms with Crippen molar-refractivity contribution in [1.29, 1.82) is 0 Å². The minimum absolute atomic E-state index is 0.435. The van der Waals surface area contributed by atoms with Gasteiger partial charge in [-0.05, 0) is 44.5 Å². The molecule has 0 fully saturated rings. The van der Waals surface area contributed by atoms with Crippen LogP contribution in [0, 0.1) is 6.92 Å². The third-order valence-corrected chi connectivity index (χ3v) is 3.64. The van der Waals surface area contributed by atoms with Crippen LogP contribution in [0.5, 0.6) is 0 Å². The fourth-order valence-electron chi connectivity index (χ4n) is 1.55. The van der Waals surface area contributed by atoms with Crippen LogP contribution in [-0.2, 0) is 0 Å². The van der Waals surface area contributed by atoms with Gasteiger partial charge in [0, 0.05) is 10.5 Å². The van der Waals surface area contributed by atoms with Crippen molar-refractivity contribution in [2.45, 2.75) is 33.7 Å². The minimum atomic E-state index is 0.435. The van der Waals surface area contributed by atoms with Gasteiger partial charge in [0.05, 0.1) is 0 Å². The molecule has 0 radical (unpaired) electrons. The molecule has 0 bridgehead atoms. The largest absolute Gasteiger partial charge is 0.311 e. The summed E-state index contributed by atoms with van der Waals surface area (Å²) in [5.41, 5.74) is 3.88. The predicted molar refractivity (Wildman–Crippen MR) is 75.7 cm³/mol. The number of nitrogens with one attached hydrogen (secondary N) is 1. The van der Waals surface area contributed by atoms with Gasteiger partial charge in [0.1, 0.15) is 0 Å². The lowest BCUT2D eigenvalue weighted by Gasteiger charge is -2.13. The van der Waals surface area contributed by atoms with Gasteiger partial charge < -0.3 is 5.32 Å². The molecule has 0 saturated carbocycles. The first kappa shape index (κ1) is 13.5. The van der Waals surface area contributed by atoms with E-state index < -0.39 is 0 Å². The van der Waals surface area contributed by atoms with Crippen molar-refractivity contribution in [3.63, 3.8) is 0 Å². The van der Waals surface area contributed by atoms with Crippen molar-refractivity contribution in [3.05, 3.63) is 39.4 Å². The number of aryl methyl sites for hydroxylation is 1. The van der Waals surface area contributed by atoms with Gasteiger partial charge >= 0.3 is 0 Å². The summed E-state index contributed by atoms with van der Waals surface area (Å²) in [6.45, 7) is 9.60. The molecule has 1 atom stereocenters. The van der Waals surface area contributed by atoms with E-state index >= 15 is 0 Å². The van der Waals surface area contributed by atoms with E-state index in [9.17, 15) is 0 Å². The van der Waals surface area contributed by atoms with Gasteiger partial charge in [-0.15, -0.1) is 0 Å². The molecule has 1 aromatic carbocycles. The molecule has 1 unspecified atom stereocenters. The molecule has 0 aliphatic carbocycles. The van der Waals surface area contributed by atoms with Crippen molar-refractivity contribution in [2.24, 2.45) is 0 Å². The molecule has 0 amide bonds. The molecule has 1 nitrogen and oxygen atoms in total. The summed E-state index contributed by atoms with van der Waals surface area (Å²) in [6, 6.07) is 6.89. The lowest BCUT2D eigenvalue weighted by atomic mass is 10.1. The normalized spacial score (nSPS) is 13.9. The third kappa shape index (κ3) is 3.76. The van der Waals surface area contributed by atoms with E-state index in [1.54, 1.807) is 0 Å². The summed E-state index contributed by atoms with van der Waals surface area (Å²) < 4.78 is 1.17. The Balaban J connectivity index is 2.85. The highest BCUT2D eigenvalue weighted by molar-refractivity contribution is 9.10. The summed E-state index contributed by atoms with van der Waals surface area (Å²) in [6.07, 6.45) is 2.23. The lowest BCUT2D eigenvalue weighted by molar-refractivity contribution is 0.636. The second kappa shape index (κ2) is 6.21. The maximum absolute atomic E-state index is 3.56. The molecular formula is C14H20BrN. The van der Waals surface area contributed by atoms with Gasteiger partial charge in [0.15, 0.2) is 0 Å². The topological polar surface area (TPSA) is 12.0 Å². The van der Waals surface area contributed by atoms with Crippen molar-refractivity contribution in [3.8, 4) is 0 Å². The van der Waals surface area contributed by atoms with Crippen LogP contribution in [0.3, 0.4) is 0 Å². The van der Waals surface area contributed by atoms with Gasteiger partial charge in [-0.1, -0.05) is 46.6 Å². The van der Waals surface area contributed by atoms with Crippen LogP contribution in [-0.4, -0.2) is 12.6 Å². The molecule has 0 saturated heterocycles. The molecule has 1 aromatic rings. The summed E-state index contributed by atoms with van der Waals surface area (Å²) >= 11 is 3.56. The first-order chi connectivity index (χ1) is 7.54.